The summed E-state index contributed by atoms with van der Waals surface area (Å²) in [5.74, 6) is 0.125. The molecule has 0 amide bonds. The first-order chi connectivity index (χ1) is 8.68. The zero-order valence-corrected chi connectivity index (χ0v) is 10.7. The normalized spacial score (nSPS) is 9.33. The van der Waals surface area contributed by atoms with Crippen molar-refractivity contribution in [2.45, 2.75) is 0 Å². The molecule has 1 saturated heterocycles. The van der Waals surface area contributed by atoms with Gasteiger partial charge in [0.1, 0.15) is 0 Å². The first kappa shape index (κ1) is 20.9. The fourth-order valence-corrected chi connectivity index (χ4v) is 0.427. The van der Waals surface area contributed by atoms with E-state index >= 15 is 0 Å². The van der Waals surface area contributed by atoms with Crippen molar-refractivity contribution in [3.8, 4) is 0 Å². The molecule has 1 aliphatic rings. The molecule has 7 heteroatoms. The van der Waals surface area contributed by atoms with Crippen LogP contribution in [0.1, 0.15) is 0 Å². The van der Waals surface area contributed by atoms with Crippen LogP contribution in [0.4, 0.5) is 17.8 Å². The minimum atomic E-state index is 0.0417. The van der Waals surface area contributed by atoms with Gasteiger partial charge in [-0.25, -0.2) is 0 Å². The lowest BCUT2D eigenvalue weighted by Gasteiger charge is -1.93. The largest absolute Gasteiger partial charge is 0.368 e. The molecular weight excluding hydrogens is 230 g/mol. The average molecular weight is 253 g/mol. The minimum Gasteiger partial charge on any atom is -0.368 e. The van der Waals surface area contributed by atoms with Crippen molar-refractivity contribution in [2.24, 2.45) is 0 Å². The molecule has 7 nitrogen and oxygen atoms in total. The Bertz CT molecular complexity index is 243. The van der Waals surface area contributed by atoms with E-state index in [1.165, 1.54) is 13.1 Å². The van der Waals surface area contributed by atoms with E-state index in [1.54, 1.807) is 0 Å². The maximum absolute atomic E-state index is 5.14. The van der Waals surface area contributed by atoms with Gasteiger partial charge in [-0.3, -0.25) is 0 Å². The zero-order valence-electron chi connectivity index (χ0n) is 10.7. The molecule has 1 aromatic heterocycles. The maximum atomic E-state index is 5.14. The second-order valence-corrected chi connectivity index (χ2v) is 2.16. The number of hydrogen-bond donors (Lipinski definition) is 4. The summed E-state index contributed by atoms with van der Waals surface area (Å²) in [6.45, 7) is 20.5. The first-order valence-corrected chi connectivity index (χ1v) is 4.91. The van der Waals surface area contributed by atoms with Gasteiger partial charge in [-0.2, -0.15) is 15.0 Å². The Morgan fingerprint density at radius 2 is 0.833 bits per heavy atom. The van der Waals surface area contributed by atoms with Crippen LogP contribution in [0.15, 0.2) is 39.5 Å². The topological polar surface area (TPSA) is 139 Å². The first-order valence-electron chi connectivity index (χ1n) is 4.91. The van der Waals surface area contributed by atoms with E-state index in [2.05, 4.69) is 59.7 Å². The number of nitrogens with one attached hydrogen (secondary N) is 1. The highest BCUT2D eigenvalue weighted by atomic mass is 15.2. The SMILES string of the molecule is C1CN1.C=C.C=C.C=C.Nc1nc(N)nc(N)n1. The molecule has 0 bridgehead atoms. The third-order valence-electron chi connectivity index (χ3n) is 0.937. The van der Waals surface area contributed by atoms with Gasteiger partial charge in [-0.15, -0.1) is 39.5 Å². The summed E-state index contributed by atoms with van der Waals surface area (Å²) in [6, 6.07) is 0. The fraction of sp³-hybridized carbons (Fsp3) is 0.182. The van der Waals surface area contributed by atoms with Crippen LogP contribution in [0.3, 0.4) is 0 Å². The lowest BCUT2D eigenvalue weighted by Crippen LogP contribution is -2.05. The van der Waals surface area contributed by atoms with E-state index in [-0.39, 0.29) is 17.8 Å². The molecule has 7 N–H and O–H groups in total. The molecule has 1 aromatic rings. The van der Waals surface area contributed by atoms with Crippen molar-refractivity contribution >= 4 is 17.8 Å². The molecule has 0 aliphatic carbocycles. The highest BCUT2D eigenvalue weighted by molar-refractivity contribution is 5.33. The maximum Gasteiger partial charge on any atom is 0.226 e. The highest BCUT2D eigenvalue weighted by Gasteiger charge is 1.93. The predicted octanol–water partition coefficient (Wildman–Crippen LogP) is 0.614. The van der Waals surface area contributed by atoms with Crippen LogP contribution in [0.5, 0.6) is 0 Å². The Morgan fingerprint density at radius 3 is 0.944 bits per heavy atom. The summed E-state index contributed by atoms with van der Waals surface area (Å²) < 4.78 is 0. The molecule has 0 atom stereocenters. The minimum absolute atomic E-state index is 0.0417. The Kier molecular flexibility index (Phi) is 19.8. The average Bonchev–Trinajstić information content (AvgIpc) is 3.23. The van der Waals surface area contributed by atoms with Gasteiger partial charge in [-0.05, 0) is 0 Å². The third-order valence-corrected chi connectivity index (χ3v) is 0.937. The van der Waals surface area contributed by atoms with Crippen molar-refractivity contribution in [1.29, 1.82) is 0 Å². The second kappa shape index (κ2) is 17.0. The molecule has 2 rings (SSSR count). The van der Waals surface area contributed by atoms with Gasteiger partial charge in [-0.1, -0.05) is 0 Å². The monoisotopic (exact) mass is 253 g/mol. The number of rotatable bonds is 0. The lowest BCUT2D eigenvalue weighted by molar-refractivity contribution is 1.09. The molecule has 1 fully saturated rings. The molecule has 0 unspecified atom stereocenters. The van der Waals surface area contributed by atoms with E-state index in [4.69, 9.17) is 17.2 Å². The Labute approximate surface area is 109 Å². The van der Waals surface area contributed by atoms with E-state index in [1.807, 2.05) is 0 Å². The molecule has 102 valence electrons. The molecule has 0 spiro atoms. The van der Waals surface area contributed by atoms with Gasteiger partial charge < -0.3 is 22.5 Å². The van der Waals surface area contributed by atoms with E-state index < -0.39 is 0 Å². The summed E-state index contributed by atoms with van der Waals surface area (Å²) in [7, 11) is 0. The molecule has 1 aliphatic heterocycles. The molecular formula is C11H23N7. The third kappa shape index (κ3) is 19.2. The highest BCUT2D eigenvalue weighted by Crippen LogP contribution is 1.97. The molecule has 0 saturated carbocycles. The van der Waals surface area contributed by atoms with Crippen molar-refractivity contribution in [1.82, 2.24) is 20.3 Å². The Morgan fingerprint density at radius 1 is 0.667 bits per heavy atom. The summed E-state index contributed by atoms with van der Waals surface area (Å²) in [4.78, 5) is 10.5. The summed E-state index contributed by atoms with van der Waals surface area (Å²) in [6.07, 6.45) is 0. The van der Waals surface area contributed by atoms with Crippen LogP contribution in [-0.2, 0) is 0 Å². The van der Waals surface area contributed by atoms with Gasteiger partial charge in [0.2, 0.25) is 17.8 Å². The number of aromatic nitrogens is 3. The number of nitrogens with two attached hydrogens (primary N) is 3. The fourth-order valence-electron chi connectivity index (χ4n) is 0.427. The molecule has 0 radical (unpaired) electrons. The smallest absolute Gasteiger partial charge is 0.226 e. The number of anilines is 3. The molecule has 2 heterocycles. The number of hydrogen-bond acceptors (Lipinski definition) is 7. The second-order valence-electron chi connectivity index (χ2n) is 2.16. The van der Waals surface area contributed by atoms with Gasteiger partial charge in [0.25, 0.3) is 0 Å². The van der Waals surface area contributed by atoms with Crippen molar-refractivity contribution < 1.29 is 0 Å². The van der Waals surface area contributed by atoms with Crippen molar-refractivity contribution in [2.75, 3.05) is 30.3 Å². The van der Waals surface area contributed by atoms with Crippen LogP contribution >= 0.6 is 0 Å². The number of nitrogens with zero attached hydrogens (tertiary/aromatic N) is 3. The van der Waals surface area contributed by atoms with Crippen LogP contribution in [0, 0.1) is 0 Å². The Balaban J connectivity index is -0.000000208. The number of nitrogen functional groups attached to an aromatic ring is 3. The van der Waals surface area contributed by atoms with Gasteiger partial charge in [0.15, 0.2) is 0 Å². The van der Waals surface area contributed by atoms with Crippen LogP contribution in [0.25, 0.3) is 0 Å². The summed E-state index contributed by atoms with van der Waals surface area (Å²) >= 11 is 0. The van der Waals surface area contributed by atoms with Crippen LogP contribution in [0.2, 0.25) is 0 Å². The van der Waals surface area contributed by atoms with Crippen LogP contribution < -0.4 is 22.5 Å². The molecule has 18 heavy (non-hydrogen) atoms. The van der Waals surface area contributed by atoms with Crippen molar-refractivity contribution in [3.63, 3.8) is 0 Å². The lowest BCUT2D eigenvalue weighted by atomic mass is 10.9. The van der Waals surface area contributed by atoms with Crippen molar-refractivity contribution in [3.05, 3.63) is 39.5 Å². The Hall–Kier alpha value is -2.41. The van der Waals surface area contributed by atoms with Gasteiger partial charge in [0.05, 0.1) is 0 Å². The molecule has 0 aromatic carbocycles. The van der Waals surface area contributed by atoms with E-state index in [9.17, 15) is 0 Å². The predicted molar refractivity (Wildman–Crippen MR) is 79.7 cm³/mol. The zero-order chi connectivity index (χ0) is 15.0. The van der Waals surface area contributed by atoms with Crippen LogP contribution in [-0.4, -0.2) is 28.0 Å². The van der Waals surface area contributed by atoms with Gasteiger partial charge >= 0.3 is 0 Å². The standard InChI is InChI=1S/C3H6N6.C2H5N.3C2H4/c4-1-7-2(5)9-3(6)8-1;1-2-3-1;3*1-2/h(H6,4,5,6,7,8,9);3H,1-2H2;3*1-2H2. The van der Waals surface area contributed by atoms with Gasteiger partial charge in [0, 0.05) is 13.1 Å². The quantitative estimate of drug-likeness (QED) is 0.392. The van der Waals surface area contributed by atoms with E-state index in [0.717, 1.165) is 0 Å². The van der Waals surface area contributed by atoms with E-state index in [0.29, 0.717) is 0 Å². The summed E-state index contributed by atoms with van der Waals surface area (Å²) in [5, 5.41) is 3.00. The summed E-state index contributed by atoms with van der Waals surface area (Å²) in [5.41, 5.74) is 15.4.